The van der Waals surface area contributed by atoms with Crippen LogP contribution in [0.25, 0.3) is 16.9 Å². The minimum atomic E-state index is -4.74. The summed E-state index contributed by atoms with van der Waals surface area (Å²) < 4.78 is 53.8. The molecule has 3 aromatic rings. The number of halogens is 5. The van der Waals surface area contributed by atoms with Crippen molar-refractivity contribution in [2.24, 2.45) is 0 Å². The van der Waals surface area contributed by atoms with E-state index in [-0.39, 0.29) is 42.0 Å². The number of hydrogen-bond acceptors (Lipinski definition) is 9. The molecular weight excluding hydrogens is 564 g/mol. The summed E-state index contributed by atoms with van der Waals surface area (Å²) >= 11 is 0. The topological polar surface area (TPSA) is 109 Å². The molecule has 214 valence electrons. The standard InChI is InChI=1S/C23H27F3N8O3.2ClH/c1-36-22(35)29-19-11-17(23(24,25)26)16(12-28-19)20-30-21(33-6-8-37-9-7-33)18-10-15(14-34(18)31-20)13-32-4-2-27-3-5-32;;/h10-12,14,27H,2-9,13H2,1H3,(H,28,29,35);2*1H. The van der Waals surface area contributed by atoms with Gasteiger partial charge in [-0.2, -0.15) is 13.2 Å². The summed E-state index contributed by atoms with van der Waals surface area (Å²) in [6, 6.07) is 2.74. The fourth-order valence-electron chi connectivity index (χ4n) is 4.47. The Bertz CT molecular complexity index is 1280. The number of nitrogens with zero attached hydrogens (tertiary/aromatic N) is 6. The van der Waals surface area contributed by atoms with Gasteiger partial charge in [-0.05, 0) is 17.7 Å². The quantitative estimate of drug-likeness (QED) is 0.462. The number of carbonyl (C=O) groups excluding carboxylic acids is 1. The fraction of sp³-hybridized carbons (Fsp3) is 0.478. The minimum absolute atomic E-state index is 0. The van der Waals surface area contributed by atoms with Crippen molar-refractivity contribution in [2.75, 3.05) is 69.8 Å². The van der Waals surface area contributed by atoms with Gasteiger partial charge in [0, 0.05) is 58.2 Å². The first-order chi connectivity index (χ1) is 17.8. The molecule has 1 amide bonds. The second kappa shape index (κ2) is 13.0. The fourth-order valence-corrected chi connectivity index (χ4v) is 4.47. The summed E-state index contributed by atoms with van der Waals surface area (Å²) in [5.41, 5.74) is 0.391. The Morgan fingerprint density at radius 2 is 1.87 bits per heavy atom. The van der Waals surface area contributed by atoms with Gasteiger partial charge in [-0.1, -0.05) is 0 Å². The van der Waals surface area contributed by atoms with Gasteiger partial charge in [-0.25, -0.2) is 19.3 Å². The summed E-state index contributed by atoms with van der Waals surface area (Å²) in [7, 11) is 1.11. The molecule has 16 heteroatoms. The molecule has 5 rings (SSSR count). The van der Waals surface area contributed by atoms with Crippen molar-refractivity contribution in [1.82, 2.24) is 29.8 Å². The number of ether oxygens (including phenoxy) is 2. The summed E-state index contributed by atoms with van der Waals surface area (Å²) in [6.45, 7) is 6.42. The zero-order chi connectivity index (χ0) is 26.0. The van der Waals surface area contributed by atoms with Crippen LogP contribution in [-0.2, 0) is 22.2 Å². The number of rotatable bonds is 5. The van der Waals surface area contributed by atoms with Gasteiger partial charge < -0.3 is 19.7 Å². The normalized spacial score (nSPS) is 16.4. The molecule has 0 spiro atoms. The van der Waals surface area contributed by atoms with E-state index < -0.39 is 17.8 Å². The molecule has 0 bridgehead atoms. The van der Waals surface area contributed by atoms with Gasteiger partial charge in [0.05, 0.1) is 31.5 Å². The Morgan fingerprint density at radius 3 is 2.54 bits per heavy atom. The zero-order valence-corrected chi connectivity index (χ0v) is 22.7. The molecule has 2 aliphatic heterocycles. The number of fused-ring (bicyclic) bond motifs is 1. The van der Waals surface area contributed by atoms with Gasteiger partial charge in [0.15, 0.2) is 11.6 Å². The van der Waals surface area contributed by atoms with Crippen LogP contribution in [0.15, 0.2) is 24.5 Å². The second-order valence-corrected chi connectivity index (χ2v) is 8.79. The molecule has 11 nitrogen and oxygen atoms in total. The number of hydrogen-bond donors (Lipinski definition) is 2. The van der Waals surface area contributed by atoms with Gasteiger partial charge in [0.25, 0.3) is 0 Å². The number of carbonyl (C=O) groups is 1. The maximum atomic E-state index is 14.1. The molecule has 2 fully saturated rings. The lowest BCUT2D eigenvalue weighted by Crippen LogP contribution is -2.42. The summed E-state index contributed by atoms with van der Waals surface area (Å²) in [4.78, 5) is 24.4. The Labute approximate surface area is 234 Å². The predicted molar refractivity (Wildman–Crippen MR) is 143 cm³/mol. The molecule has 39 heavy (non-hydrogen) atoms. The molecule has 0 radical (unpaired) electrons. The summed E-state index contributed by atoms with van der Waals surface area (Å²) in [5.74, 6) is 0.115. The van der Waals surface area contributed by atoms with Gasteiger partial charge in [-0.15, -0.1) is 29.9 Å². The zero-order valence-electron chi connectivity index (χ0n) is 21.0. The third-order valence-electron chi connectivity index (χ3n) is 6.29. The van der Waals surface area contributed by atoms with Gasteiger partial charge in [0.1, 0.15) is 11.3 Å². The molecule has 0 atom stereocenters. The highest BCUT2D eigenvalue weighted by atomic mass is 35.5. The van der Waals surface area contributed by atoms with E-state index in [2.05, 4.69) is 35.3 Å². The summed E-state index contributed by atoms with van der Waals surface area (Å²) in [5, 5.41) is 9.95. The van der Waals surface area contributed by atoms with E-state index in [0.717, 1.165) is 51.1 Å². The van der Waals surface area contributed by atoms with E-state index in [4.69, 9.17) is 4.74 Å². The van der Waals surface area contributed by atoms with Crippen LogP contribution in [0.2, 0.25) is 0 Å². The molecule has 2 N–H and O–H groups in total. The number of piperazine rings is 1. The van der Waals surface area contributed by atoms with E-state index in [0.29, 0.717) is 44.2 Å². The van der Waals surface area contributed by atoms with Crippen molar-refractivity contribution in [3.8, 4) is 11.4 Å². The maximum Gasteiger partial charge on any atom is 0.417 e. The van der Waals surface area contributed by atoms with Gasteiger partial charge >= 0.3 is 12.3 Å². The van der Waals surface area contributed by atoms with Crippen LogP contribution in [0.4, 0.5) is 29.6 Å². The second-order valence-electron chi connectivity index (χ2n) is 8.79. The molecule has 0 aromatic carbocycles. The average Bonchev–Trinajstić information content (AvgIpc) is 3.31. The number of morpholine rings is 1. The highest BCUT2D eigenvalue weighted by Gasteiger charge is 2.36. The molecule has 2 aliphatic rings. The van der Waals surface area contributed by atoms with Crippen molar-refractivity contribution >= 4 is 48.1 Å². The van der Waals surface area contributed by atoms with Crippen LogP contribution in [0.3, 0.4) is 0 Å². The molecular formula is C23H29Cl2F3N8O3. The highest BCUT2D eigenvalue weighted by Crippen LogP contribution is 2.37. The molecule has 5 heterocycles. The lowest BCUT2D eigenvalue weighted by Gasteiger charge is -2.28. The highest BCUT2D eigenvalue weighted by molar-refractivity contribution is 5.86. The van der Waals surface area contributed by atoms with Crippen molar-refractivity contribution in [2.45, 2.75) is 12.7 Å². The Kier molecular flexibility index (Phi) is 10.2. The number of amides is 1. The molecule has 3 aromatic heterocycles. The van der Waals surface area contributed by atoms with E-state index >= 15 is 0 Å². The number of aromatic nitrogens is 4. The van der Waals surface area contributed by atoms with Crippen LogP contribution in [0, 0.1) is 0 Å². The van der Waals surface area contributed by atoms with Crippen molar-refractivity contribution in [3.05, 3.63) is 35.7 Å². The number of methoxy groups -OCH3 is 1. The van der Waals surface area contributed by atoms with E-state index in [1.54, 1.807) is 4.52 Å². The summed E-state index contributed by atoms with van der Waals surface area (Å²) in [6.07, 6.45) is -2.82. The number of anilines is 2. The smallest absolute Gasteiger partial charge is 0.417 e. The maximum absolute atomic E-state index is 14.1. The van der Waals surface area contributed by atoms with Crippen LogP contribution in [0.1, 0.15) is 11.1 Å². The predicted octanol–water partition coefficient (Wildman–Crippen LogP) is 3.07. The van der Waals surface area contributed by atoms with E-state index in [9.17, 15) is 18.0 Å². The first-order valence-electron chi connectivity index (χ1n) is 11.9. The first kappa shape index (κ1) is 30.6. The monoisotopic (exact) mass is 592 g/mol. The number of alkyl halides is 3. The minimum Gasteiger partial charge on any atom is -0.453 e. The van der Waals surface area contributed by atoms with Crippen molar-refractivity contribution in [1.29, 1.82) is 0 Å². The molecule has 0 aliphatic carbocycles. The Balaban J connectivity index is 0.00000210. The van der Waals surface area contributed by atoms with E-state index in [1.165, 1.54) is 0 Å². The van der Waals surface area contributed by atoms with Crippen LogP contribution in [-0.4, -0.2) is 90.2 Å². The third-order valence-corrected chi connectivity index (χ3v) is 6.29. The number of nitrogens with one attached hydrogen (secondary N) is 2. The van der Waals surface area contributed by atoms with Crippen molar-refractivity contribution < 1.29 is 27.4 Å². The lowest BCUT2D eigenvalue weighted by atomic mass is 10.1. The largest absolute Gasteiger partial charge is 0.453 e. The van der Waals surface area contributed by atoms with Crippen LogP contribution in [0.5, 0.6) is 0 Å². The first-order valence-corrected chi connectivity index (χ1v) is 11.9. The van der Waals surface area contributed by atoms with Crippen LogP contribution < -0.4 is 15.5 Å². The van der Waals surface area contributed by atoms with Crippen LogP contribution >= 0.6 is 24.8 Å². The number of pyridine rings is 1. The van der Waals surface area contributed by atoms with Gasteiger partial charge in [0.2, 0.25) is 0 Å². The molecule has 0 unspecified atom stereocenters. The SMILES string of the molecule is COC(=O)Nc1cc(C(F)(F)F)c(-c2nc(N3CCOCC3)c3cc(CN4CCNCC4)cn3n2)cn1.Cl.Cl. The Morgan fingerprint density at radius 1 is 1.15 bits per heavy atom. The molecule has 0 saturated carbocycles. The van der Waals surface area contributed by atoms with Crippen molar-refractivity contribution in [3.63, 3.8) is 0 Å². The molecule has 2 saturated heterocycles. The average molecular weight is 593 g/mol. The third kappa shape index (κ3) is 7.00. The lowest BCUT2D eigenvalue weighted by molar-refractivity contribution is -0.137. The Hall–Kier alpha value is -2.91. The van der Waals surface area contributed by atoms with Gasteiger partial charge in [-0.3, -0.25) is 10.2 Å². The van der Waals surface area contributed by atoms with E-state index in [1.807, 2.05) is 17.2 Å².